The molecule has 2 N–H and O–H groups in total. The third-order valence-electron chi connectivity index (χ3n) is 5.54. The number of hydrogen-bond acceptors (Lipinski definition) is 7. The van der Waals surface area contributed by atoms with Crippen molar-refractivity contribution in [1.82, 2.24) is 24.2 Å². The van der Waals surface area contributed by atoms with Gasteiger partial charge in [-0.3, -0.25) is 4.79 Å². The molecule has 0 bridgehead atoms. The zero-order valence-corrected chi connectivity index (χ0v) is 23.3. The van der Waals surface area contributed by atoms with Crippen molar-refractivity contribution in [3.05, 3.63) is 63.8 Å². The Balaban J connectivity index is 1.69. The first-order valence-corrected chi connectivity index (χ1v) is 14.0. The third-order valence-corrected chi connectivity index (χ3v) is 8.84. The number of hydrogen-bond donors (Lipinski definition) is 2. The molecule has 0 fully saturated rings. The predicted octanol–water partition coefficient (Wildman–Crippen LogP) is 5.24. The van der Waals surface area contributed by atoms with Crippen molar-refractivity contribution in [3.8, 4) is 11.3 Å². The number of likely N-dealkylation sites (N-methyl/N-ethyl adjacent to an activating group) is 1. The number of nitrogens with zero attached hydrogens (tertiary/aromatic N) is 4. The summed E-state index contributed by atoms with van der Waals surface area (Å²) in [6.07, 6.45) is -8.81. The molecule has 0 radical (unpaired) electrons. The molecule has 0 aliphatic carbocycles. The van der Waals surface area contributed by atoms with E-state index in [1.165, 1.54) is 0 Å². The number of anilines is 1. The zero-order valence-electron chi connectivity index (χ0n) is 20.9. The van der Waals surface area contributed by atoms with Crippen molar-refractivity contribution in [2.45, 2.75) is 16.6 Å². The molecule has 0 saturated carbocycles. The highest BCUT2D eigenvalue weighted by Crippen LogP contribution is 2.37. The smallest absolute Gasteiger partial charge is 0.320 e. The summed E-state index contributed by atoms with van der Waals surface area (Å²) in [5.41, 5.74) is -3.87. The van der Waals surface area contributed by atoms with Gasteiger partial charge >= 0.3 is 12.4 Å². The average Bonchev–Trinajstić information content (AvgIpc) is 3.46. The number of aromatic nitrogens is 3. The number of amides is 1. The number of fused-ring (bicyclic) bond motifs is 1. The minimum absolute atomic E-state index is 0.0731. The summed E-state index contributed by atoms with van der Waals surface area (Å²) in [7, 11) is -0.464. The fourth-order valence-corrected chi connectivity index (χ4v) is 6.23. The number of rotatable bonds is 8. The van der Waals surface area contributed by atoms with Crippen LogP contribution in [0.4, 0.5) is 32.0 Å². The molecule has 220 valence electrons. The summed E-state index contributed by atoms with van der Waals surface area (Å²) in [6, 6.07) is 4.99. The maximum Gasteiger partial charge on any atom is 0.433 e. The lowest BCUT2D eigenvalue weighted by atomic mass is 10.1. The average molecular weight is 641 g/mol. The fraction of sp³-hybridized carbons (Fsp3) is 0.261. The highest BCUT2D eigenvalue weighted by atomic mass is 35.5. The van der Waals surface area contributed by atoms with Crippen molar-refractivity contribution in [1.29, 1.82) is 0 Å². The second-order valence-electron chi connectivity index (χ2n) is 8.80. The maximum atomic E-state index is 13.9. The Bertz CT molecular complexity index is 1700. The van der Waals surface area contributed by atoms with Crippen molar-refractivity contribution < 1.29 is 39.6 Å². The van der Waals surface area contributed by atoms with E-state index in [-0.39, 0.29) is 32.0 Å². The number of thiophene rings is 1. The minimum atomic E-state index is -4.97. The monoisotopic (exact) mass is 640 g/mol. The number of nitrogens with one attached hydrogen (secondary N) is 2. The molecule has 0 atom stereocenters. The minimum Gasteiger partial charge on any atom is -0.320 e. The molecule has 4 rings (SSSR count). The first-order chi connectivity index (χ1) is 19.0. The maximum absolute atomic E-state index is 13.9. The van der Waals surface area contributed by atoms with Gasteiger partial charge in [-0.1, -0.05) is 23.7 Å². The SMILES string of the molecule is CN(C)CCNS(=O)(=O)c1cc(NC(=O)c2cnn3c(C(F)(F)F)cc(-c4ccc(C(F)(F)F)cc4)nc23)c(Cl)s1. The molecule has 3 heterocycles. The summed E-state index contributed by atoms with van der Waals surface area (Å²) in [5, 5.41) is 5.98. The van der Waals surface area contributed by atoms with Crippen molar-refractivity contribution >= 4 is 50.2 Å². The van der Waals surface area contributed by atoms with Crippen molar-refractivity contribution in [3.63, 3.8) is 0 Å². The summed E-state index contributed by atoms with van der Waals surface area (Å²) >= 11 is 6.79. The zero-order chi connectivity index (χ0) is 30.3. The number of carbonyl (C=O) groups is 1. The van der Waals surface area contributed by atoms with E-state index in [1.807, 2.05) is 0 Å². The van der Waals surface area contributed by atoms with Crippen molar-refractivity contribution in [2.24, 2.45) is 0 Å². The fourth-order valence-electron chi connectivity index (χ4n) is 3.53. The van der Waals surface area contributed by atoms with Crippen LogP contribution in [-0.2, 0) is 22.4 Å². The molecular formula is C23H19ClF6N6O3S2. The van der Waals surface area contributed by atoms with E-state index in [2.05, 4.69) is 20.1 Å². The van der Waals surface area contributed by atoms with Gasteiger partial charge in [-0.25, -0.2) is 22.6 Å². The molecule has 1 aromatic carbocycles. The first-order valence-electron chi connectivity index (χ1n) is 11.4. The van der Waals surface area contributed by atoms with E-state index in [0.29, 0.717) is 40.6 Å². The van der Waals surface area contributed by atoms with Crippen LogP contribution in [0.1, 0.15) is 21.6 Å². The van der Waals surface area contributed by atoms with E-state index in [1.54, 1.807) is 19.0 Å². The van der Waals surface area contributed by atoms with E-state index in [0.717, 1.165) is 24.4 Å². The molecular weight excluding hydrogens is 622 g/mol. The van der Waals surface area contributed by atoms with Crippen LogP contribution in [-0.4, -0.2) is 61.0 Å². The Hall–Kier alpha value is -3.25. The van der Waals surface area contributed by atoms with E-state index < -0.39 is 50.8 Å². The molecule has 18 heteroatoms. The first kappa shape index (κ1) is 30.7. The molecule has 9 nitrogen and oxygen atoms in total. The van der Waals surface area contributed by atoms with Crippen LogP contribution in [0.2, 0.25) is 4.34 Å². The lowest BCUT2D eigenvalue weighted by Gasteiger charge is -2.12. The van der Waals surface area contributed by atoms with Gasteiger partial charge in [0.2, 0.25) is 10.0 Å². The molecule has 0 spiro atoms. The van der Waals surface area contributed by atoms with Gasteiger partial charge in [0.25, 0.3) is 5.91 Å². The summed E-state index contributed by atoms with van der Waals surface area (Å²) in [5.74, 6) is -1.01. The Morgan fingerprint density at radius 3 is 2.32 bits per heavy atom. The van der Waals surface area contributed by atoms with Gasteiger partial charge in [-0.05, 0) is 38.4 Å². The van der Waals surface area contributed by atoms with Crippen LogP contribution in [0.3, 0.4) is 0 Å². The highest BCUT2D eigenvalue weighted by molar-refractivity contribution is 7.91. The van der Waals surface area contributed by atoms with Gasteiger partial charge in [0.1, 0.15) is 14.1 Å². The standard InChI is InChI=1S/C23H19ClF6N6O3S2/c1-35(2)8-7-32-41(38,39)18-10-16(19(24)40-18)34-21(37)14-11-31-36-17(23(28,29)30)9-15(33-20(14)36)12-3-5-13(6-4-12)22(25,26)27/h3-6,9-11,32H,7-8H2,1-2H3,(H,34,37). The number of sulfonamides is 1. The van der Waals surface area contributed by atoms with Crippen LogP contribution < -0.4 is 10.0 Å². The number of alkyl halides is 6. The molecule has 4 aromatic rings. The quantitative estimate of drug-likeness (QED) is 0.255. The Kier molecular flexibility index (Phi) is 8.39. The van der Waals surface area contributed by atoms with Crippen LogP contribution in [0.25, 0.3) is 16.9 Å². The number of benzene rings is 1. The lowest BCUT2D eigenvalue weighted by molar-refractivity contribution is -0.142. The van der Waals surface area contributed by atoms with E-state index >= 15 is 0 Å². The van der Waals surface area contributed by atoms with Gasteiger partial charge in [0.15, 0.2) is 11.3 Å². The molecule has 0 aliphatic rings. The third kappa shape index (κ3) is 6.81. The normalized spacial score (nSPS) is 12.8. The second kappa shape index (κ2) is 11.2. The van der Waals surface area contributed by atoms with Gasteiger partial charge in [-0.15, -0.1) is 11.3 Å². The lowest BCUT2D eigenvalue weighted by Crippen LogP contribution is -2.31. The molecule has 0 unspecified atom stereocenters. The number of halogens is 7. The highest BCUT2D eigenvalue weighted by Gasteiger charge is 2.36. The van der Waals surface area contributed by atoms with Crippen LogP contribution in [0, 0.1) is 0 Å². The molecule has 1 amide bonds. The van der Waals surface area contributed by atoms with Crippen LogP contribution in [0.15, 0.2) is 46.8 Å². The topological polar surface area (TPSA) is 109 Å². The van der Waals surface area contributed by atoms with E-state index in [9.17, 15) is 39.6 Å². The van der Waals surface area contributed by atoms with Crippen molar-refractivity contribution in [2.75, 3.05) is 32.5 Å². The predicted molar refractivity (Wildman–Crippen MR) is 139 cm³/mol. The van der Waals surface area contributed by atoms with Gasteiger partial charge in [-0.2, -0.15) is 31.4 Å². The van der Waals surface area contributed by atoms with E-state index in [4.69, 9.17) is 11.6 Å². The molecule has 41 heavy (non-hydrogen) atoms. The Morgan fingerprint density at radius 2 is 1.73 bits per heavy atom. The van der Waals surface area contributed by atoms with Gasteiger partial charge < -0.3 is 10.2 Å². The van der Waals surface area contributed by atoms with Gasteiger partial charge in [0.05, 0.1) is 23.1 Å². The largest absolute Gasteiger partial charge is 0.433 e. The molecule has 0 aliphatic heterocycles. The van der Waals surface area contributed by atoms with Crippen LogP contribution in [0.5, 0.6) is 0 Å². The molecule has 0 saturated heterocycles. The van der Waals surface area contributed by atoms with Crippen LogP contribution >= 0.6 is 22.9 Å². The summed E-state index contributed by atoms with van der Waals surface area (Å²) < 4.78 is 108. The Labute approximate surface area is 237 Å². The Morgan fingerprint density at radius 1 is 1.07 bits per heavy atom. The molecule has 3 aromatic heterocycles. The second-order valence-corrected chi connectivity index (χ2v) is 12.4. The summed E-state index contributed by atoms with van der Waals surface area (Å²) in [4.78, 5) is 18.9. The van der Waals surface area contributed by atoms with Gasteiger partial charge in [0, 0.05) is 18.7 Å². The number of carbonyl (C=O) groups excluding carboxylic acids is 1. The summed E-state index contributed by atoms with van der Waals surface area (Å²) in [6.45, 7) is 0.515.